The molecule has 0 atom stereocenters. The molecule has 0 aliphatic carbocycles. The van der Waals surface area contributed by atoms with Crippen LogP contribution in [0.3, 0.4) is 0 Å². The Morgan fingerprint density at radius 1 is 1.30 bits per heavy atom. The van der Waals surface area contributed by atoms with Gasteiger partial charge in [-0.3, -0.25) is 14.9 Å². The lowest BCUT2D eigenvalue weighted by Crippen LogP contribution is -2.30. The molecule has 0 bridgehead atoms. The molecule has 1 aliphatic rings. The topological polar surface area (TPSA) is 114 Å². The number of nitro benzene ring substituents is 1. The number of carbonyl (C=O) groups is 1. The van der Waals surface area contributed by atoms with Crippen molar-refractivity contribution in [3.8, 4) is 0 Å². The maximum absolute atomic E-state index is 13.6. The minimum atomic E-state index is -0.895. The first kappa shape index (κ1) is 18.6. The monoisotopic (exact) mass is 373 g/mol. The van der Waals surface area contributed by atoms with E-state index in [1.165, 1.54) is 6.42 Å². The number of nitrogen functional groups attached to an aromatic ring is 1. The van der Waals surface area contributed by atoms with Gasteiger partial charge in [0.1, 0.15) is 17.3 Å². The van der Waals surface area contributed by atoms with E-state index < -0.39 is 22.3 Å². The fourth-order valence-corrected chi connectivity index (χ4v) is 3.05. The molecular formula is C18H20FN5O3. The lowest BCUT2D eigenvalue weighted by molar-refractivity contribution is -0.384. The maximum atomic E-state index is 13.6. The van der Waals surface area contributed by atoms with Gasteiger partial charge in [-0.15, -0.1) is 0 Å². The number of anilines is 2. The number of amides is 1. The molecule has 9 heteroatoms. The number of benzene rings is 1. The number of carbonyl (C=O) groups excluding carboxylic acids is 1. The molecule has 3 rings (SSSR count). The number of halogens is 1. The van der Waals surface area contributed by atoms with Gasteiger partial charge < -0.3 is 16.0 Å². The van der Waals surface area contributed by atoms with Crippen LogP contribution in [0.1, 0.15) is 35.2 Å². The molecule has 1 aliphatic heterocycles. The SMILES string of the molecule is Nc1c(C(=O)NCc2ccc(N3CCCCC3)nc2)cc(F)cc1[N+](=O)[O-]. The maximum Gasteiger partial charge on any atom is 0.295 e. The third-order valence-corrected chi connectivity index (χ3v) is 4.51. The highest BCUT2D eigenvalue weighted by Crippen LogP contribution is 2.26. The van der Waals surface area contributed by atoms with Crippen molar-refractivity contribution in [2.75, 3.05) is 23.7 Å². The Morgan fingerprint density at radius 3 is 2.67 bits per heavy atom. The molecule has 0 spiro atoms. The minimum absolute atomic E-state index is 0.149. The number of nitrogens with zero attached hydrogens (tertiary/aromatic N) is 3. The van der Waals surface area contributed by atoms with Gasteiger partial charge in [0.2, 0.25) is 0 Å². The summed E-state index contributed by atoms with van der Waals surface area (Å²) in [5, 5.41) is 13.5. The minimum Gasteiger partial charge on any atom is -0.393 e. The highest BCUT2D eigenvalue weighted by Gasteiger charge is 2.21. The van der Waals surface area contributed by atoms with Crippen molar-refractivity contribution in [1.82, 2.24) is 10.3 Å². The molecule has 1 aromatic heterocycles. The predicted octanol–water partition coefficient (Wildman–Crippen LogP) is 2.63. The Bertz CT molecular complexity index is 851. The van der Waals surface area contributed by atoms with Crippen molar-refractivity contribution in [3.63, 3.8) is 0 Å². The largest absolute Gasteiger partial charge is 0.393 e. The molecule has 27 heavy (non-hydrogen) atoms. The summed E-state index contributed by atoms with van der Waals surface area (Å²) in [6, 6.07) is 5.33. The van der Waals surface area contributed by atoms with Crippen LogP contribution in [-0.4, -0.2) is 28.9 Å². The molecule has 1 saturated heterocycles. The Hall–Kier alpha value is -3.23. The van der Waals surface area contributed by atoms with E-state index in [0.29, 0.717) is 6.07 Å². The molecule has 2 heterocycles. The Morgan fingerprint density at radius 2 is 2.04 bits per heavy atom. The highest BCUT2D eigenvalue weighted by atomic mass is 19.1. The third kappa shape index (κ3) is 4.30. The van der Waals surface area contributed by atoms with Crippen molar-refractivity contribution in [2.24, 2.45) is 0 Å². The van der Waals surface area contributed by atoms with Gasteiger partial charge in [-0.25, -0.2) is 9.37 Å². The van der Waals surface area contributed by atoms with Crippen molar-refractivity contribution < 1.29 is 14.1 Å². The van der Waals surface area contributed by atoms with Crippen LogP contribution in [0.4, 0.5) is 21.6 Å². The van der Waals surface area contributed by atoms with Gasteiger partial charge in [0.15, 0.2) is 0 Å². The Kier molecular flexibility index (Phi) is 5.49. The van der Waals surface area contributed by atoms with Crippen LogP contribution in [0.2, 0.25) is 0 Å². The van der Waals surface area contributed by atoms with Crippen LogP contribution >= 0.6 is 0 Å². The van der Waals surface area contributed by atoms with Crippen LogP contribution in [0.25, 0.3) is 0 Å². The van der Waals surface area contributed by atoms with Crippen LogP contribution in [0.15, 0.2) is 30.5 Å². The van der Waals surface area contributed by atoms with E-state index in [2.05, 4.69) is 15.2 Å². The summed E-state index contributed by atoms with van der Waals surface area (Å²) in [6.45, 7) is 2.12. The average Bonchev–Trinajstić information content (AvgIpc) is 2.68. The molecule has 0 radical (unpaired) electrons. The van der Waals surface area contributed by atoms with E-state index in [1.807, 2.05) is 12.1 Å². The number of hydrogen-bond acceptors (Lipinski definition) is 6. The van der Waals surface area contributed by atoms with Crippen molar-refractivity contribution in [3.05, 3.63) is 57.5 Å². The lowest BCUT2D eigenvalue weighted by atomic mass is 10.1. The summed E-state index contributed by atoms with van der Waals surface area (Å²) in [5.74, 6) is -0.682. The summed E-state index contributed by atoms with van der Waals surface area (Å²) in [4.78, 5) is 29.0. The fraction of sp³-hybridized carbons (Fsp3) is 0.333. The Balaban J connectivity index is 1.66. The van der Waals surface area contributed by atoms with Gasteiger partial charge in [-0.1, -0.05) is 6.07 Å². The zero-order chi connectivity index (χ0) is 19.4. The highest BCUT2D eigenvalue weighted by molar-refractivity contribution is 6.01. The number of nitro groups is 1. The van der Waals surface area contributed by atoms with Crippen LogP contribution in [-0.2, 0) is 6.54 Å². The number of pyridine rings is 1. The van der Waals surface area contributed by atoms with Crippen molar-refractivity contribution in [2.45, 2.75) is 25.8 Å². The first-order chi connectivity index (χ1) is 13.0. The number of aromatic nitrogens is 1. The molecule has 2 aromatic rings. The number of piperidine rings is 1. The van der Waals surface area contributed by atoms with E-state index >= 15 is 0 Å². The summed E-state index contributed by atoms with van der Waals surface area (Å²) in [6.07, 6.45) is 5.21. The van der Waals surface area contributed by atoms with Gasteiger partial charge in [0, 0.05) is 25.8 Å². The molecule has 0 saturated carbocycles. The zero-order valence-corrected chi connectivity index (χ0v) is 14.7. The van der Waals surface area contributed by atoms with E-state index in [4.69, 9.17) is 5.73 Å². The second-order valence-electron chi connectivity index (χ2n) is 6.40. The average molecular weight is 373 g/mol. The van der Waals surface area contributed by atoms with Gasteiger partial charge in [-0.2, -0.15) is 0 Å². The molecule has 0 unspecified atom stereocenters. The Labute approximate surface area is 155 Å². The number of nitrogens with one attached hydrogen (secondary N) is 1. The second kappa shape index (κ2) is 7.98. The molecule has 1 fully saturated rings. The standard InChI is InChI=1S/C18H20FN5O3/c19-13-8-14(17(20)15(9-13)24(26)27)18(25)22-11-12-4-5-16(21-10-12)23-6-2-1-3-7-23/h4-5,8-10H,1-3,6-7,11,20H2,(H,22,25). The molecule has 1 amide bonds. The predicted molar refractivity (Wildman–Crippen MR) is 98.9 cm³/mol. The van der Waals surface area contributed by atoms with Crippen molar-refractivity contribution in [1.29, 1.82) is 0 Å². The summed E-state index contributed by atoms with van der Waals surface area (Å²) < 4.78 is 13.6. The van der Waals surface area contributed by atoms with E-state index in [1.54, 1.807) is 6.20 Å². The van der Waals surface area contributed by atoms with Crippen molar-refractivity contribution >= 4 is 23.1 Å². The lowest BCUT2D eigenvalue weighted by Gasteiger charge is -2.27. The van der Waals surface area contributed by atoms with E-state index in [-0.39, 0.29) is 17.8 Å². The number of rotatable bonds is 5. The molecule has 1 aromatic carbocycles. The summed E-state index contributed by atoms with van der Waals surface area (Å²) >= 11 is 0. The normalized spacial score (nSPS) is 14.0. The van der Waals surface area contributed by atoms with E-state index in [0.717, 1.165) is 43.4 Å². The third-order valence-electron chi connectivity index (χ3n) is 4.51. The fourth-order valence-electron chi connectivity index (χ4n) is 3.05. The number of hydrogen-bond donors (Lipinski definition) is 2. The first-order valence-corrected chi connectivity index (χ1v) is 8.67. The van der Waals surface area contributed by atoms with Crippen LogP contribution < -0.4 is 16.0 Å². The molecule has 3 N–H and O–H groups in total. The van der Waals surface area contributed by atoms with E-state index in [9.17, 15) is 19.3 Å². The first-order valence-electron chi connectivity index (χ1n) is 8.67. The summed E-state index contributed by atoms with van der Waals surface area (Å²) in [7, 11) is 0. The molecular weight excluding hydrogens is 353 g/mol. The van der Waals surface area contributed by atoms with Gasteiger partial charge in [-0.05, 0) is 37.0 Å². The molecule has 142 valence electrons. The van der Waals surface area contributed by atoms with Crippen LogP contribution in [0, 0.1) is 15.9 Å². The zero-order valence-electron chi connectivity index (χ0n) is 14.7. The quantitative estimate of drug-likeness (QED) is 0.473. The molecule has 8 nitrogen and oxygen atoms in total. The number of nitrogens with two attached hydrogens (primary N) is 1. The smallest absolute Gasteiger partial charge is 0.295 e. The van der Waals surface area contributed by atoms with Gasteiger partial charge >= 0.3 is 0 Å². The van der Waals surface area contributed by atoms with Crippen LogP contribution in [0.5, 0.6) is 0 Å². The summed E-state index contributed by atoms with van der Waals surface area (Å²) in [5.41, 5.74) is 5.14. The second-order valence-corrected chi connectivity index (χ2v) is 6.40. The van der Waals surface area contributed by atoms with Gasteiger partial charge in [0.25, 0.3) is 11.6 Å². The van der Waals surface area contributed by atoms with Gasteiger partial charge in [0.05, 0.1) is 16.6 Å².